The molecule has 7 heteroatoms. The number of anilines is 1. The molecule has 0 spiro atoms. The lowest BCUT2D eigenvalue weighted by atomic mass is 10.1. The number of rotatable bonds is 5. The highest BCUT2D eigenvalue weighted by Gasteiger charge is 2.11. The van der Waals surface area contributed by atoms with Gasteiger partial charge in [-0.05, 0) is 41.3 Å². The van der Waals surface area contributed by atoms with E-state index in [0.29, 0.717) is 16.4 Å². The zero-order chi connectivity index (χ0) is 20.4. The first-order chi connectivity index (χ1) is 14.0. The maximum absolute atomic E-state index is 12.4. The molecule has 0 saturated heterocycles. The number of aromatic nitrogens is 2. The number of amides is 2. The monoisotopic (exact) mass is 406 g/mol. The van der Waals surface area contributed by atoms with E-state index in [4.69, 9.17) is 11.6 Å². The van der Waals surface area contributed by atoms with Crippen LogP contribution in [0.1, 0.15) is 16.8 Å². The summed E-state index contributed by atoms with van der Waals surface area (Å²) < 4.78 is 1.75. The highest BCUT2D eigenvalue weighted by molar-refractivity contribution is 6.29. The number of carbonyl (C=O) groups excluding carboxylic acids is 2. The van der Waals surface area contributed by atoms with Gasteiger partial charge in [-0.15, -0.1) is 0 Å². The van der Waals surface area contributed by atoms with Crippen molar-refractivity contribution in [2.24, 2.45) is 7.05 Å². The summed E-state index contributed by atoms with van der Waals surface area (Å²) in [6.07, 6.45) is 0.173. The molecule has 0 bridgehead atoms. The average Bonchev–Trinajstić information content (AvgIpc) is 3.01. The molecule has 0 fully saturated rings. The van der Waals surface area contributed by atoms with Gasteiger partial charge in [-0.25, -0.2) is 4.98 Å². The van der Waals surface area contributed by atoms with E-state index in [2.05, 4.69) is 15.6 Å². The SMILES string of the molecule is Cn1c(Cl)nc2cc(C(=O)NCCC(=O)Nc3cccc4ccccc34)ccc21. The van der Waals surface area contributed by atoms with Gasteiger partial charge in [0.15, 0.2) is 0 Å². The summed E-state index contributed by atoms with van der Waals surface area (Å²) in [4.78, 5) is 28.9. The Hall–Kier alpha value is -3.38. The number of hydrogen-bond donors (Lipinski definition) is 2. The maximum atomic E-state index is 12.4. The quantitative estimate of drug-likeness (QED) is 0.523. The van der Waals surface area contributed by atoms with Crippen molar-refractivity contribution in [1.82, 2.24) is 14.9 Å². The molecule has 4 rings (SSSR count). The van der Waals surface area contributed by atoms with Gasteiger partial charge in [0.2, 0.25) is 11.2 Å². The van der Waals surface area contributed by atoms with Gasteiger partial charge in [0.1, 0.15) is 0 Å². The fourth-order valence-electron chi connectivity index (χ4n) is 3.25. The van der Waals surface area contributed by atoms with E-state index in [9.17, 15) is 9.59 Å². The number of nitrogens with one attached hydrogen (secondary N) is 2. The van der Waals surface area contributed by atoms with Crippen molar-refractivity contribution < 1.29 is 9.59 Å². The fraction of sp³-hybridized carbons (Fsp3) is 0.136. The minimum Gasteiger partial charge on any atom is -0.352 e. The van der Waals surface area contributed by atoms with E-state index in [1.165, 1.54) is 0 Å². The highest BCUT2D eigenvalue weighted by atomic mass is 35.5. The number of nitrogens with zero attached hydrogens (tertiary/aromatic N) is 2. The zero-order valence-electron chi connectivity index (χ0n) is 15.8. The lowest BCUT2D eigenvalue weighted by Crippen LogP contribution is -2.27. The molecule has 0 saturated carbocycles. The fourth-order valence-corrected chi connectivity index (χ4v) is 3.43. The number of benzene rings is 3. The Labute approximate surface area is 172 Å². The number of hydrogen-bond acceptors (Lipinski definition) is 3. The van der Waals surface area contributed by atoms with E-state index in [1.807, 2.05) is 49.5 Å². The first-order valence-corrected chi connectivity index (χ1v) is 9.58. The Balaban J connectivity index is 1.36. The Bertz CT molecular complexity index is 1230. The molecule has 0 radical (unpaired) electrons. The van der Waals surface area contributed by atoms with Crippen LogP contribution in [0.2, 0.25) is 5.28 Å². The summed E-state index contributed by atoms with van der Waals surface area (Å²) in [5.74, 6) is -0.416. The van der Waals surface area contributed by atoms with Crippen molar-refractivity contribution in [1.29, 1.82) is 0 Å². The van der Waals surface area contributed by atoms with Crippen molar-refractivity contribution in [3.05, 3.63) is 71.5 Å². The van der Waals surface area contributed by atoms with Crippen LogP contribution < -0.4 is 10.6 Å². The van der Waals surface area contributed by atoms with Crippen molar-refractivity contribution >= 4 is 50.9 Å². The first-order valence-electron chi connectivity index (χ1n) is 9.21. The van der Waals surface area contributed by atoms with Gasteiger partial charge in [0.25, 0.3) is 5.91 Å². The molecule has 29 heavy (non-hydrogen) atoms. The summed E-state index contributed by atoms with van der Waals surface area (Å²) in [5, 5.41) is 8.09. The van der Waals surface area contributed by atoms with Crippen LogP contribution >= 0.6 is 11.6 Å². The Kier molecular flexibility index (Phi) is 5.18. The van der Waals surface area contributed by atoms with Crippen LogP contribution in [-0.2, 0) is 11.8 Å². The van der Waals surface area contributed by atoms with Crippen LogP contribution in [0.5, 0.6) is 0 Å². The van der Waals surface area contributed by atoms with Crippen LogP contribution in [0.25, 0.3) is 21.8 Å². The summed E-state index contributed by atoms with van der Waals surface area (Å²) >= 11 is 6.01. The molecule has 2 N–H and O–H groups in total. The van der Waals surface area contributed by atoms with E-state index in [0.717, 1.165) is 22.0 Å². The van der Waals surface area contributed by atoms with Gasteiger partial charge in [-0.2, -0.15) is 0 Å². The molecule has 0 atom stereocenters. The van der Waals surface area contributed by atoms with Crippen LogP contribution in [0.3, 0.4) is 0 Å². The third-order valence-corrected chi connectivity index (χ3v) is 5.13. The van der Waals surface area contributed by atoms with Gasteiger partial charge in [0, 0.05) is 36.7 Å². The predicted molar refractivity (Wildman–Crippen MR) is 115 cm³/mol. The molecule has 1 aromatic heterocycles. The largest absolute Gasteiger partial charge is 0.352 e. The van der Waals surface area contributed by atoms with Crippen LogP contribution in [-0.4, -0.2) is 27.9 Å². The number of carbonyl (C=O) groups is 2. The minimum absolute atomic E-state index is 0.159. The number of halogens is 1. The maximum Gasteiger partial charge on any atom is 0.251 e. The van der Waals surface area contributed by atoms with Gasteiger partial charge in [0.05, 0.1) is 11.0 Å². The average molecular weight is 407 g/mol. The second kappa shape index (κ2) is 7.93. The molecule has 2 amide bonds. The molecule has 0 aliphatic heterocycles. The number of aryl methyl sites for hydroxylation is 1. The normalized spacial score (nSPS) is 11.0. The van der Waals surface area contributed by atoms with Gasteiger partial charge >= 0.3 is 0 Å². The Morgan fingerprint density at radius 1 is 1.07 bits per heavy atom. The van der Waals surface area contributed by atoms with Crippen LogP contribution in [0.15, 0.2) is 60.7 Å². The third kappa shape index (κ3) is 3.93. The second-order valence-corrected chi connectivity index (χ2v) is 7.06. The second-order valence-electron chi connectivity index (χ2n) is 6.72. The first kappa shape index (κ1) is 19.0. The molecule has 146 valence electrons. The molecule has 0 aliphatic rings. The molecule has 4 aromatic rings. The summed E-state index contributed by atoms with van der Waals surface area (Å²) in [6.45, 7) is 0.233. The van der Waals surface area contributed by atoms with Gasteiger partial charge in [-0.3, -0.25) is 9.59 Å². The van der Waals surface area contributed by atoms with Crippen molar-refractivity contribution in [3.8, 4) is 0 Å². The Morgan fingerprint density at radius 3 is 2.72 bits per heavy atom. The van der Waals surface area contributed by atoms with Crippen LogP contribution in [0, 0.1) is 0 Å². The lowest BCUT2D eigenvalue weighted by Gasteiger charge is -2.09. The smallest absolute Gasteiger partial charge is 0.251 e. The molecule has 6 nitrogen and oxygen atoms in total. The number of imidazole rings is 1. The predicted octanol–water partition coefficient (Wildman–Crippen LogP) is 4.14. The highest BCUT2D eigenvalue weighted by Crippen LogP contribution is 2.23. The van der Waals surface area contributed by atoms with Gasteiger partial charge in [-0.1, -0.05) is 36.4 Å². The lowest BCUT2D eigenvalue weighted by molar-refractivity contribution is -0.116. The molecular formula is C22H19ClN4O2. The summed E-state index contributed by atoms with van der Waals surface area (Å²) in [6, 6.07) is 18.8. The number of fused-ring (bicyclic) bond motifs is 2. The molecule has 3 aromatic carbocycles. The standard InChI is InChI=1S/C22H19ClN4O2/c1-27-19-10-9-15(13-18(19)26-22(27)23)21(29)24-12-11-20(28)25-17-8-4-6-14-5-2-3-7-16(14)17/h2-10,13H,11-12H2,1H3,(H,24,29)(H,25,28). The Morgan fingerprint density at radius 2 is 1.86 bits per heavy atom. The van der Waals surface area contributed by atoms with E-state index in [1.54, 1.807) is 22.8 Å². The molecule has 0 aliphatic carbocycles. The van der Waals surface area contributed by atoms with Crippen LogP contribution in [0.4, 0.5) is 5.69 Å². The molecule has 1 heterocycles. The summed E-state index contributed by atoms with van der Waals surface area (Å²) in [5.41, 5.74) is 2.73. The molecule has 0 unspecified atom stereocenters. The third-order valence-electron chi connectivity index (χ3n) is 4.79. The minimum atomic E-state index is -0.258. The zero-order valence-corrected chi connectivity index (χ0v) is 16.5. The van der Waals surface area contributed by atoms with E-state index in [-0.39, 0.29) is 24.8 Å². The summed E-state index contributed by atoms with van der Waals surface area (Å²) in [7, 11) is 1.81. The van der Waals surface area contributed by atoms with Crippen molar-refractivity contribution in [3.63, 3.8) is 0 Å². The van der Waals surface area contributed by atoms with Crippen molar-refractivity contribution in [2.45, 2.75) is 6.42 Å². The van der Waals surface area contributed by atoms with Crippen molar-refractivity contribution in [2.75, 3.05) is 11.9 Å². The molecular weight excluding hydrogens is 388 g/mol. The van der Waals surface area contributed by atoms with Gasteiger partial charge < -0.3 is 15.2 Å². The van der Waals surface area contributed by atoms with E-state index >= 15 is 0 Å². The topological polar surface area (TPSA) is 76.0 Å². The van der Waals surface area contributed by atoms with E-state index < -0.39 is 0 Å².